The summed E-state index contributed by atoms with van der Waals surface area (Å²) in [5, 5.41) is 9.46. The van der Waals surface area contributed by atoms with Crippen molar-refractivity contribution < 1.29 is 32.2 Å². The van der Waals surface area contributed by atoms with Gasteiger partial charge in [0.15, 0.2) is 5.17 Å². The topological polar surface area (TPSA) is 92.0 Å². The Morgan fingerprint density at radius 2 is 1.86 bits per heavy atom. The Kier molecular flexibility index (Phi) is 8.99. The largest absolute Gasteiger partial charge is 0.465 e. The molecule has 2 aromatic rings. The number of hydrogen-bond donors (Lipinski definition) is 0. The van der Waals surface area contributed by atoms with Crippen LogP contribution in [0, 0.1) is 11.3 Å². The first-order chi connectivity index (χ1) is 17.6. The molecular formula is C26H24F3N3O4S. The number of carbonyl (C=O) groups excluding carboxylic acids is 2. The van der Waals surface area contributed by atoms with Crippen LogP contribution in [0.15, 0.2) is 64.8 Å². The van der Waals surface area contributed by atoms with Crippen LogP contribution in [0.25, 0.3) is 0 Å². The van der Waals surface area contributed by atoms with E-state index in [-0.39, 0.29) is 30.2 Å². The molecule has 0 aliphatic carbocycles. The van der Waals surface area contributed by atoms with Gasteiger partial charge in [0.2, 0.25) is 0 Å². The summed E-state index contributed by atoms with van der Waals surface area (Å²) in [7, 11) is 0. The van der Waals surface area contributed by atoms with Crippen LogP contribution in [0.3, 0.4) is 0 Å². The quantitative estimate of drug-likeness (QED) is 0.338. The molecule has 0 amide bonds. The summed E-state index contributed by atoms with van der Waals surface area (Å²) in [5.74, 6) is -0.841. The minimum Gasteiger partial charge on any atom is -0.465 e. The van der Waals surface area contributed by atoms with Gasteiger partial charge in [-0.3, -0.25) is 9.69 Å². The van der Waals surface area contributed by atoms with Gasteiger partial charge < -0.3 is 9.47 Å². The summed E-state index contributed by atoms with van der Waals surface area (Å²) in [6.07, 6.45) is -4.57. The molecule has 1 aliphatic heterocycles. The maximum absolute atomic E-state index is 13.5. The first-order valence-electron chi connectivity index (χ1n) is 11.3. The lowest BCUT2D eigenvalue weighted by Gasteiger charge is -2.35. The molecule has 0 fully saturated rings. The summed E-state index contributed by atoms with van der Waals surface area (Å²) < 4.78 is 50.8. The van der Waals surface area contributed by atoms with E-state index in [4.69, 9.17) is 19.7 Å². The van der Waals surface area contributed by atoms with Gasteiger partial charge in [-0.25, -0.2) is 9.79 Å². The smallest absolute Gasteiger partial charge is 0.416 e. The monoisotopic (exact) mass is 531 g/mol. The second-order valence-electron chi connectivity index (χ2n) is 7.84. The molecule has 37 heavy (non-hydrogen) atoms. The molecule has 1 aliphatic rings. The van der Waals surface area contributed by atoms with Crippen molar-refractivity contribution in [1.82, 2.24) is 0 Å². The molecular weight excluding hydrogens is 507 g/mol. The molecule has 0 bridgehead atoms. The number of carbonyl (C=O) groups is 2. The van der Waals surface area contributed by atoms with Crippen LogP contribution in [0.2, 0.25) is 0 Å². The van der Waals surface area contributed by atoms with Crippen LogP contribution in [-0.4, -0.2) is 36.1 Å². The second-order valence-corrected chi connectivity index (χ2v) is 8.90. The molecule has 0 aromatic heterocycles. The number of benzene rings is 2. The normalized spacial score (nSPS) is 15.6. The number of alkyl halides is 3. The Labute approximate surface area is 216 Å². The fourth-order valence-electron chi connectivity index (χ4n) is 3.69. The second kappa shape index (κ2) is 12.0. The van der Waals surface area contributed by atoms with Gasteiger partial charge in [0.25, 0.3) is 0 Å². The number of thioether (sulfide) groups is 1. The van der Waals surface area contributed by atoms with Gasteiger partial charge in [-0.2, -0.15) is 18.4 Å². The summed E-state index contributed by atoms with van der Waals surface area (Å²) in [6.45, 7) is 4.69. The molecule has 0 saturated heterocycles. The van der Waals surface area contributed by atoms with Crippen LogP contribution >= 0.6 is 11.8 Å². The molecule has 0 radical (unpaired) electrons. The Morgan fingerprint density at radius 1 is 1.16 bits per heavy atom. The summed E-state index contributed by atoms with van der Waals surface area (Å²) in [4.78, 5) is 30.5. The number of nitrogens with zero attached hydrogens (tertiary/aromatic N) is 3. The summed E-state index contributed by atoms with van der Waals surface area (Å²) in [6, 6.07) is 12.4. The maximum atomic E-state index is 13.5. The highest BCUT2D eigenvalue weighted by atomic mass is 32.2. The zero-order valence-corrected chi connectivity index (χ0v) is 21.2. The Bertz CT molecular complexity index is 1270. The Balaban J connectivity index is 2.15. The lowest BCUT2D eigenvalue weighted by molar-refractivity contribution is -0.140. The molecule has 3 rings (SSSR count). The van der Waals surface area contributed by atoms with Gasteiger partial charge >= 0.3 is 18.1 Å². The van der Waals surface area contributed by atoms with E-state index in [1.165, 1.54) is 35.7 Å². The molecule has 0 spiro atoms. The lowest BCUT2D eigenvalue weighted by atomic mass is 9.95. The minimum atomic E-state index is -4.57. The van der Waals surface area contributed by atoms with Crippen LogP contribution < -0.4 is 4.90 Å². The zero-order valence-electron chi connectivity index (χ0n) is 20.3. The van der Waals surface area contributed by atoms with Gasteiger partial charge in [0, 0.05) is 24.1 Å². The highest BCUT2D eigenvalue weighted by molar-refractivity contribution is 8.14. The molecule has 11 heteroatoms. The van der Waals surface area contributed by atoms with Gasteiger partial charge in [-0.15, -0.1) is 0 Å². The first-order valence-corrected chi connectivity index (χ1v) is 12.2. The van der Waals surface area contributed by atoms with Crippen molar-refractivity contribution in [1.29, 1.82) is 5.26 Å². The number of allylic oxidation sites excluding steroid dienone is 1. The third kappa shape index (κ3) is 6.71. The van der Waals surface area contributed by atoms with Crippen LogP contribution in [0.5, 0.6) is 0 Å². The number of hydrogen-bond acceptors (Lipinski definition) is 8. The molecule has 0 N–H and O–H groups in total. The number of ether oxygens (including phenoxy) is 2. The van der Waals surface area contributed by atoms with Crippen molar-refractivity contribution in [3.05, 3.63) is 76.5 Å². The van der Waals surface area contributed by atoms with Crippen molar-refractivity contribution in [3.8, 4) is 6.07 Å². The molecule has 1 atom stereocenters. The predicted molar refractivity (Wildman–Crippen MR) is 134 cm³/mol. The fraction of sp³-hybridized carbons (Fsp3) is 0.308. The summed E-state index contributed by atoms with van der Waals surface area (Å²) >= 11 is 1.17. The van der Waals surface area contributed by atoms with E-state index in [2.05, 4.69) is 0 Å². The minimum absolute atomic E-state index is 0.0600. The molecule has 2 aromatic carbocycles. The van der Waals surface area contributed by atoms with E-state index in [9.17, 15) is 22.8 Å². The van der Waals surface area contributed by atoms with Gasteiger partial charge in [0.1, 0.15) is 12.6 Å². The third-order valence-corrected chi connectivity index (χ3v) is 6.25. The first kappa shape index (κ1) is 27.8. The lowest BCUT2D eigenvalue weighted by Crippen LogP contribution is -2.35. The van der Waals surface area contributed by atoms with Gasteiger partial charge in [-0.05, 0) is 49.7 Å². The molecule has 0 saturated carbocycles. The predicted octanol–water partition coefficient (Wildman–Crippen LogP) is 5.63. The van der Waals surface area contributed by atoms with Crippen LogP contribution in [-0.2, 0) is 25.2 Å². The Hall–Kier alpha value is -3.78. The van der Waals surface area contributed by atoms with Crippen LogP contribution in [0.4, 0.5) is 18.9 Å². The number of aliphatic imine (C=N–C) groups is 1. The highest BCUT2D eigenvalue weighted by Gasteiger charge is 2.36. The van der Waals surface area contributed by atoms with Gasteiger partial charge in [0.05, 0.1) is 29.4 Å². The summed E-state index contributed by atoms with van der Waals surface area (Å²) in [5.41, 5.74) is 0.831. The van der Waals surface area contributed by atoms with Crippen molar-refractivity contribution in [2.45, 2.75) is 33.0 Å². The van der Waals surface area contributed by atoms with E-state index >= 15 is 0 Å². The molecule has 1 unspecified atom stereocenters. The van der Waals surface area contributed by atoms with Crippen molar-refractivity contribution >= 4 is 34.6 Å². The standard InChI is InChI=1S/C26H24F3N3O4S/c1-4-35-24(34)22-16(2)32(21-7-5-6-20(14-21)26(27,28)29)25(37-13-12-36-17(3)33)31-23(22)19-10-8-18(15-30)9-11-19/h5-11,14,23H,4,12-13H2,1-3H3. The number of halogens is 3. The van der Waals surface area contributed by atoms with E-state index in [0.717, 1.165) is 12.1 Å². The number of esters is 2. The molecule has 194 valence electrons. The average molecular weight is 532 g/mol. The highest BCUT2D eigenvalue weighted by Crippen LogP contribution is 2.40. The third-order valence-electron chi connectivity index (χ3n) is 5.33. The number of amidine groups is 1. The molecule has 7 nitrogen and oxygen atoms in total. The van der Waals surface area contributed by atoms with Crippen molar-refractivity contribution in [3.63, 3.8) is 0 Å². The van der Waals surface area contributed by atoms with Crippen LogP contribution in [0.1, 0.15) is 43.5 Å². The average Bonchev–Trinajstić information content (AvgIpc) is 2.86. The number of nitriles is 1. The fourth-order valence-corrected chi connectivity index (χ4v) is 4.59. The number of anilines is 1. The van der Waals surface area contributed by atoms with E-state index < -0.39 is 29.7 Å². The van der Waals surface area contributed by atoms with Crippen molar-refractivity contribution in [2.75, 3.05) is 23.9 Å². The van der Waals surface area contributed by atoms with E-state index in [1.807, 2.05) is 6.07 Å². The van der Waals surface area contributed by atoms with Gasteiger partial charge in [-0.1, -0.05) is 30.0 Å². The molecule has 1 heterocycles. The van der Waals surface area contributed by atoms with Crippen molar-refractivity contribution in [2.24, 2.45) is 4.99 Å². The zero-order chi connectivity index (χ0) is 27.2. The maximum Gasteiger partial charge on any atom is 0.416 e. The SMILES string of the molecule is CCOC(=O)C1=C(C)N(c2cccc(C(F)(F)F)c2)C(SCCOC(C)=O)=NC1c1ccc(C#N)cc1. The number of rotatable bonds is 7. The Morgan fingerprint density at radius 3 is 2.46 bits per heavy atom. The van der Waals surface area contributed by atoms with E-state index in [0.29, 0.717) is 22.0 Å². The van der Waals surface area contributed by atoms with E-state index in [1.54, 1.807) is 38.1 Å².